The molecule has 1 aromatic carbocycles. The van der Waals surface area contributed by atoms with Crippen LogP contribution in [0.1, 0.15) is 6.42 Å². The molecule has 0 radical (unpaired) electrons. The topological polar surface area (TPSA) is 84.0 Å². The SMILES string of the molecule is N#CCCS(=O)c1ccccc1[N+](=O)[O-]. The summed E-state index contributed by atoms with van der Waals surface area (Å²) in [6.45, 7) is 0. The van der Waals surface area contributed by atoms with E-state index in [1.165, 1.54) is 18.2 Å². The summed E-state index contributed by atoms with van der Waals surface area (Å²) in [7, 11) is -1.48. The molecule has 1 rings (SSSR count). The highest BCUT2D eigenvalue weighted by atomic mass is 32.2. The van der Waals surface area contributed by atoms with E-state index in [2.05, 4.69) is 0 Å². The minimum atomic E-state index is -1.48. The quantitative estimate of drug-likeness (QED) is 0.574. The van der Waals surface area contributed by atoms with E-state index in [9.17, 15) is 14.3 Å². The Labute approximate surface area is 88.9 Å². The fraction of sp³-hybridized carbons (Fsp3) is 0.222. The van der Waals surface area contributed by atoms with Crippen molar-refractivity contribution in [2.24, 2.45) is 0 Å². The lowest BCUT2D eigenvalue weighted by Crippen LogP contribution is -2.01. The van der Waals surface area contributed by atoms with Crippen LogP contribution in [0.3, 0.4) is 0 Å². The van der Waals surface area contributed by atoms with Gasteiger partial charge in [0.1, 0.15) is 4.90 Å². The van der Waals surface area contributed by atoms with E-state index < -0.39 is 15.7 Å². The molecule has 1 aromatic rings. The molecule has 0 aliphatic rings. The first-order chi connectivity index (χ1) is 7.16. The Morgan fingerprint density at radius 3 is 2.73 bits per heavy atom. The zero-order chi connectivity index (χ0) is 11.3. The monoisotopic (exact) mass is 224 g/mol. The summed E-state index contributed by atoms with van der Waals surface area (Å²) < 4.78 is 11.6. The number of nitro benzene ring substituents is 1. The summed E-state index contributed by atoms with van der Waals surface area (Å²) in [5.41, 5.74) is -0.159. The lowest BCUT2D eigenvalue weighted by atomic mass is 10.3. The highest BCUT2D eigenvalue weighted by Gasteiger charge is 2.17. The molecule has 1 unspecified atom stereocenters. The van der Waals surface area contributed by atoms with Crippen LogP contribution >= 0.6 is 0 Å². The van der Waals surface area contributed by atoms with Crippen LogP contribution in [-0.4, -0.2) is 14.9 Å². The molecule has 78 valence electrons. The second kappa shape index (κ2) is 5.22. The van der Waals surface area contributed by atoms with Crippen LogP contribution in [0, 0.1) is 21.4 Å². The molecule has 0 heterocycles. The van der Waals surface area contributed by atoms with Crippen LogP contribution in [0.2, 0.25) is 0 Å². The Morgan fingerprint density at radius 1 is 1.47 bits per heavy atom. The standard InChI is InChI=1S/C9H8N2O3S/c10-6-3-7-15(14)9-5-2-1-4-8(9)11(12)13/h1-2,4-5H,3,7H2. The molecular weight excluding hydrogens is 216 g/mol. The van der Waals surface area contributed by atoms with Gasteiger partial charge in [-0.3, -0.25) is 14.3 Å². The van der Waals surface area contributed by atoms with Crippen molar-refractivity contribution in [2.75, 3.05) is 5.75 Å². The van der Waals surface area contributed by atoms with Gasteiger partial charge in [0.25, 0.3) is 5.69 Å². The van der Waals surface area contributed by atoms with Crippen molar-refractivity contribution in [3.63, 3.8) is 0 Å². The zero-order valence-electron chi connectivity index (χ0n) is 7.75. The van der Waals surface area contributed by atoms with Gasteiger partial charge in [0, 0.05) is 18.2 Å². The van der Waals surface area contributed by atoms with Crippen molar-refractivity contribution in [2.45, 2.75) is 11.3 Å². The number of nitriles is 1. The predicted octanol–water partition coefficient (Wildman–Crippen LogP) is 1.62. The first kappa shape index (κ1) is 11.3. The molecule has 0 aromatic heterocycles. The lowest BCUT2D eigenvalue weighted by molar-refractivity contribution is -0.387. The average molecular weight is 224 g/mol. The maximum absolute atomic E-state index is 11.6. The molecular formula is C9H8N2O3S. The predicted molar refractivity (Wildman–Crippen MR) is 54.6 cm³/mol. The van der Waals surface area contributed by atoms with Crippen LogP contribution < -0.4 is 0 Å². The normalized spacial score (nSPS) is 11.7. The summed E-state index contributed by atoms with van der Waals surface area (Å²) in [5, 5.41) is 18.9. The first-order valence-electron chi connectivity index (χ1n) is 4.15. The Morgan fingerprint density at radius 2 is 2.13 bits per heavy atom. The van der Waals surface area contributed by atoms with Crippen molar-refractivity contribution in [3.05, 3.63) is 34.4 Å². The first-order valence-corrected chi connectivity index (χ1v) is 5.47. The molecule has 0 spiro atoms. The molecule has 0 N–H and O–H groups in total. The molecule has 0 amide bonds. The number of nitro groups is 1. The number of para-hydroxylation sites is 1. The smallest absolute Gasteiger partial charge is 0.258 e. The van der Waals surface area contributed by atoms with Gasteiger partial charge >= 0.3 is 0 Å². The van der Waals surface area contributed by atoms with Gasteiger partial charge in [-0.15, -0.1) is 0 Å². The molecule has 0 saturated heterocycles. The summed E-state index contributed by atoms with van der Waals surface area (Å²) in [6, 6.07) is 7.72. The maximum Gasteiger partial charge on any atom is 0.285 e. The molecule has 0 fully saturated rings. The number of nitrogens with zero attached hydrogens (tertiary/aromatic N) is 2. The van der Waals surface area contributed by atoms with E-state index in [-0.39, 0.29) is 22.8 Å². The highest BCUT2D eigenvalue weighted by Crippen LogP contribution is 2.21. The van der Waals surface area contributed by atoms with E-state index in [4.69, 9.17) is 5.26 Å². The summed E-state index contributed by atoms with van der Waals surface area (Å²) in [4.78, 5) is 10.2. The molecule has 0 bridgehead atoms. The lowest BCUT2D eigenvalue weighted by Gasteiger charge is -2.00. The van der Waals surface area contributed by atoms with Crippen molar-refractivity contribution in [1.29, 1.82) is 5.26 Å². The largest absolute Gasteiger partial charge is 0.285 e. The minimum absolute atomic E-state index is 0.124. The zero-order valence-corrected chi connectivity index (χ0v) is 8.57. The van der Waals surface area contributed by atoms with Crippen LogP contribution in [0.5, 0.6) is 0 Å². The van der Waals surface area contributed by atoms with Crippen LogP contribution in [-0.2, 0) is 10.8 Å². The van der Waals surface area contributed by atoms with Gasteiger partial charge in [-0.1, -0.05) is 12.1 Å². The van der Waals surface area contributed by atoms with E-state index in [0.717, 1.165) is 0 Å². The molecule has 0 saturated carbocycles. The fourth-order valence-corrected chi connectivity index (χ4v) is 2.15. The van der Waals surface area contributed by atoms with Gasteiger partial charge < -0.3 is 0 Å². The number of hydrogen-bond acceptors (Lipinski definition) is 4. The van der Waals surface area contributed by atoms with Crippen LogP contribution in [0.15, 0.2) is 29.2 Å². The third-order valence-corrected chi connectivity index (χ3v) is 3.12. The Hall–Kier alpha value is -1.74. The second-order valence-corrected chi connectivity index (χ2v) is 4.22. The van der Waals surface area contributed by atoms with Crippen LogP contribution in [0.4, 0.5) is 5.69 Å². The summed E-state index contributed by atoms with van der Waals surface area (Å²) in [6.07, 6.45) is 0.124. The minimum Gasteiger partial charge on any atom is -0.258 e. The molecule has 5 nitrogen and oxygen atoms in total. The average Bonchev–Trinajstić information content (AvgIpc) is 2.25. The Balaban J connectivity index is 2.98. The fourth-order valence-electron chi connectivity index (χ4n) is 1.05. The maximum atomic E-state index is 11.6. The summed E-state index contributed by atoms with van der Waals surface area (Å²) >= 11 is 0. The molecule has 15 heavy (non-hydrogen) atoms. The van der Waals surface area contributed by atoms with Gasteiger partial charge in [0.05, 0.1) is 21.8 Å². The third-order valence-electron chi connectivity index (χ3n) is 1.71. The van der Waals surface area contributed by atoms with E-state index in [0.29, 0.717) is 0 Å². The second-order valence-electron chi connectivity index (χ2n) is 2.68. The molecule has 6 heteroatoms. The molecule has 0 aliphatic heterocycles. The van der Waals surface area contributed by atoms with Gasteiger partial charge in [0.2, 0.25) is 0 Å². The van der Waals surface area contributed by atoms with Crippen molar-refractivity contribution >= 4 is 16.5 Å². The van der Waals surface area contributed by atoms with Gasteiger partial charge in [0.15, 0.2) is 0 Å². The highest BCUT2D eigenvalue weighted by molar-refractivity contribution is 7.85. The van der Waals surface area contributed by atoms with E-state index >= 15 is 0 Å². The van der Waals surface area contributed by atoms with Gasteiger partial charge in [-0.25, -0.2) is 0 Å². The van der Waals surface area contributed by atoms with Gasteiger partial charge in [-0.05, 0) is 6.07 Å². The molecule has 1 atom stereocenters. The van der Waals surface area contributed by atoms with Gasteiger partial charge in [-0.2, -0.15) is 5.26 Å². The summed E-state index contributed by atoms with van der Waals surface area (Å²) in [5.74, 6) is 0.126. The molecule has 0 aliphatic carbocycles. The van der Waals surface area contributed by atoms with Crippen molar-refractivity contribution < 1.29 is 9.13 Å². The number of hydrogen-bond donors (Lipinski definition) is 0. The van der Waals surface area contributed by atoms with Crippen LogP contribution in [0.25, 0.3) is 0 Å². The van der Waals surface area contributed by atoms with Crippen molar-refractivity contribution in [3.8, 4) is 6.07 Å². The van der Waals surface area contributed by atoms with Crippen molar-refractivity contribution in [1.82, 2.24) is 0 Å². The Kier molecular flexibility index (Phi) is 3.94. The number of benzene rings is 1. The van der Waals surface area contributed by atoms with E-state index in [1.807, 2.05) is 6.07 Å². The number of rotatable bonds is 4. The van der Waals surface area contributed by atoms with E-state index in [1.54, 1.807) is 6.07 Å². The third kappa shape index (κ3) is 2.86. The Bertz CT molecular complexity index is 439.